The molecule has 0 aromatic heterocycles. The Morgan fingerprint density at radius 3 is 3.06 bits per heavy atom. The van der Waals surface area contributed by atoms with Crippen molar-refractivity contribution >= 4 is 0 Å². The fraction of sp³-hybridized carbons (Fsp3) is 0.429. The highest BCUT2D eigenvalue weighted by Crippen LogP contribution is 2.15. The van der Waals surface area contributed by atoms with E-state index in [1.165, 1.54) is 6.07 Å². The lowest BCUT2D eigenvalue weighted by atomic mass is 10.1. The van der Waals surface area contributed by atoms with Gasteiger partial charge in [0.15, 0.2) is 0 Å². The van der Waals surface area contributed by atoms with Crippen molar-refractivity contribution in [2.75, 3.05) is 19.8 Å². The van der Waals surface area contributed by atoms with Gasteiger partial charge in [0.25, 0.3) is 0 Å². The second kappa shape index (κ2) is 6.50. The monoisotopic (exact) mass is 250 g/mol. The van der Waals surface area contributed by atoms with Crippen molar-refractivity contribution < 1.29 is 19.0 Å². The molecule has 0 amide bonds. The van der Waals surface area contributed by atoms with Gasteiger partial charge >= 0.3 is 0 Å². The second-order valence-electron chi connectivity index (χ2n) is 4.06. The Kier molecular flexibility index (Phi) is 4.71. The van der Waals surface area contributed by atoms with Crippen molar-refractivity contribution in [1.82, 2.24) is 0 Å². The van der Waals surface area contributed by atoms with Crippen molar-refractivity contribution in [1.29, 1.82) is 0 Å². The summed E-state index contributed by atoms with van der Waals surface area (Å²) in [4.78, 5) is 0. The molecule has 1 unspecified atom stereocenters. The molecule has 0 bridgehead atoms. The zero-order valence-electron chi connectivity index (χ0n) is 9.99. The summed E-state index contributed by atoms with van der Waals surface area (Å²) in [6.45, 7) is 1.31. The normalized spacial score (nSPS) is 18.4. The molecule has 1 atom stereocenters. The number of halogens is 1. The lowest BCUT2D eigenvalue weighted by Crippen LogP contribution is -2.12. The summed E-state index contributed by atoms with van der Waals surface area (Å²) in [6.07, 6.45) is 0.931. The number of hydrogen-bond acceptors (Lipinski definition) is 3. The average Bonchev–Trinajstić information content (AvgIpc) is 2.88. The number of rotatable bonds is 3. The molecule has 18 heavy (non-hydrogen) atoms. The van der Waals surface area contributed by atoms with E-state index in [1.54, 1.807) is 12.1 Å². The van der Waals surface area contributed by atoms with Gasteiger partial charge < -0.3 is 14.6 Å². The van der Waals surface area contributed by atoms with Crippen molar-refractivity contribution in [2.24, 2.45) is 0 Å². The Hall–Kier alpha value is -1.41. The molecule has 2 rings (SSSR count). The summed E-state index contributed by atoms with van der Waals surface area (Å²) >= 11 is 0. The van der Waals surface area contributed by atoms with Gasteiger partial charge in [-0.25, -0.2) is 4.39 Å². The van der Waals surface area contributed by atoms with Crippen LogP contribution in [0, 0.1) is 17.7 Å². The molecule has 3 nitrogen and oxygen atoms in total. The highest BCUT2D eigenvalue weighted by atomic mass is 19.1. The highest BCUT2D eigenvalue weighted by Gasteiger charge is 2.16. The first-order chi connectivity index (χ1) is 8.79. The van der Waals surface area contributed by atoms with Gasteiger partial charge in [-0.3, -0.25) is 0 Å². The molecule has 1 fully saturated rings. The molecular formula is C14H15FO3. The molecule has 1 aromatic rings. The molecule has 1 aliphatic heterocycles. The second-order valence-corrected chi connectivity index (χ2v) is 4.06. The Bertz CT molecular complexity index is 456. The molecule has 0 aliphatic carbocycles. The first-order valence-corrected chi connectivity index (χ1v) is 5.87. The molecule has 1 saturated heterocycles. The molecule has 96 valence electrons. The minimum absolute atomic E-state index is 0.0678. The van der Waals surface area contributed by atoms with E-state index in [2.05, 4.69) is 11.8 Å². The van der Waals surface area contributed by atoms with Gasteiger partial charge in [0.1, 0.15) is 12.4 Å². The number of hydrogen-bond donors (Lipinski definition) is 1. The topological polar surface area (TPSA) is 38.7 Å². The van der Waals surface area contributed by atoms with E-state index in [0.717, 1.165) is 6.42 Å². The average molecular weight is 250 g/mol. The lowest BCUT2D eigenvalue weighted by Gasteiger charge is -2.10. The number of aliphatic hydroxyl groups excluding tert-OH is 1. The summed E-state index contributed by atoms with van der Waals surface area (Å²) in [5.74, 6) is 4.80. The third-order valence-electron chi connectivity index (χ3n) is 2.73. The van der Waals surface area contributed by atoms with Crippen molar-refractivity contribution in [2.45, 2.75) is 19.1 Å². The van der Waals surface area contributed by atoms with Crippen LogP contribution in [-0.4, -0.2) is 31.0 Å². The van der Waals surface area contributed by atoms with Crippen LogP contribution in [0.15, 0.2) is 18.2 Å². The maximum Gasteiger partial charge on any atom is 0.129 e. The van der Waals surface area contributed by atoms with Crippen LogP contribution >= 0.6 is 0 Å². The Labute approximate surface area is 106 Å². The first-order valence-electron chi connectivity index (χ1n) is 5.87. The number of ether oxygens (including phenoxy) is 2. The standard InChI is InChI=1S/C14H15FO3/c15-14-8-11(2-1-6-16)3-4-12(14)9-18-13-5-7-17-10-13/h3-4,8,13,16H,5-7,9-10H2. The quantitative estimate of drug-likeness (QED) is 0.826. The SMILES string of the molecule is OCC#Cc1ccc(COC2CCOC2)c(F)c1. The van der Waals surface area contributed by atoms with Crippen LogP contribution in [0.4, 0.5) is 4.39 Å². The van der Waals surface area contributed by atoms with Crippen molar-refractivity contribution in [3.05, 3.63) is 35.1 Å². The zero-order chi connectivity index (χ0) is 12.8. The molecule has 1 N–H and O–H groups in total. The van der Waals surface area contributed by atoms with Crippen LogP contribution in [-0.2, 0) is 16.1 Å². The van der Waals surface area contributed by atoms with Crippen molar-refractivity contribution in [3.8, 4) is 11.8 Å². The van der Waals surface area contributed by atoms with Gasteiger partial charge in [0.2, 0.25) is 0 Å². The van der Waals surface area contributed by atoms with E-state index >= 15 is 0 Å². The summed E-state index contributed by atoms with van der Waals surface area (Å²) in [7, 11) is 0. The maximum atomic E-state index is 13.7. The van der Waals surface area contributed by atoms with E-state index in [1.807, 2.05) is 0 Å². The molecule has 4 heteroatoms. The molecular weight excluding hydrogens is 235 g/mol. The van der Waals surface area contributed by atoms with Crippen LogP contribution in [0.25, 0.3) is 0 Å². The maximum absolute atomic E-state index is 13.7. The first kappa shape index (κ1) is 13.0. The Balaban J connectivity index is 1.96. The van der Waals surface area contributed by atoms with Crippen LogP contribution in [0.1, 0.15) is 17.5 Å². The van der Waals surface area contributed by atoms with Gasteiger partial charge in [-0.1, -0.05) is 17.9 Å². The lowest BCUT2D eigenvalue weighted by molar-refractivity contribution is 0.0304. The molecule has 1 aromatic carbocycles. The predicted octanol–water partition coefficient (Wildman–Crippen LogP) is 1.47. The van der Waals surface area contributed by atoms with Gasteiger partial charge in [-0.15, -0.1) is 0 Å². The van der Waals surface area contributed by atoms with E-state index in [4.69, 9.17) is 14.6 Å². The third kappa shape index (κ3) is 3.54. The van der Waals surface area contributed by atoms with Crippen molar-refractivity contribution in [3.63, 3.8) is 0 Å². The minimum atomic E-state index is -0.335. The minimum Gasteiger partial charge on any atom is -0.384 e. The van der Waals surface area contributed by atoms with Gasteiger partial charge in [-0.2, -0.15) is 0 Å². The Morgan fingerprint density at radius 2 is 2.39 bits per heavy atom. The summed E-state index contributed by atoms with van der Waals surface area (Å²) in [6, 6.07) is 4.73. The number of aliphatic hydroxyl groups is 1. The highest BCUT2D eigenvalue weighted by molar-refractivity contribution is 5.36. The zero-order valence-corrected chi connectivity index (χ0v) is 9.99. The van der Waals surface area contributed by atoms with Gasteiger partial charge in [-0.05, 0) is 18.6 Å². The largest absolute Gasteiger partial charge is 0.384 e. The van der Waals surface area contributed by atoms with E-state index in [-0.39, 0.29) is 25.1 Å². The number of benzene rings is 1. The van der Waals surface area contributed by atoms with Crippen LogP contribution in [0.5, 0.6) is 0 Å². The van der Waals surface area contributed by atoms with E-state index in [0.29, 0.717) is 24.3 Å². The van der Waals surface area contributed by atoms with E-state index in [9.17, 15) is 4.39 Å². The van der Waals surface area contributed by atoms with Crippen LogP contribution in [0.2, 0.25) is 0 Å². The molecule has 0 radical (unpaired) electrons. The summed E-state index contributed by atoms with van der Waals surface area (Å²) < 4.78 is 24.4. The van der Waals surface area contributed by atoms with Gasteiger partial charge in [0, 0.05) is 17.7 Å². The summed E-state index contributed by atoms with van der Waals surface area (Å²) in [5, 5.41) is 8.56. The van der Waals surface area contributed by atoms with E-state index < -0.39 is 0 Å². The molecule has 0 saturated carbocycles. The van der Waals surface area contributed by atoms with Gasteiger partial charge in [0.05, 0.1) is 19.3 Å². The Morgan fingerprint density at radius 1 is 1.50 bits per heavy atom. The molecule has 0 spiro atoms. The fourth-order valence-electron chi connectivity index (χ4n) is 1.74. The van der Waals surface area contributed by atoms with Crippen LogP contribution < -0.4 is 0 Å². The van der Waals surface area contributed by atoms with Crippen LogP contribution in [0.3, 0.4) is 0 Å². The smallest absolute Gasteiger partial charge is 0.129 e. The predicted molar refractivity (Wildman–Crippen MR) is 64.4 cm³/mol. The molecule has 1 aliphatic rings. The molecule has 1 heterocycles. The fourth-order valence-corrected chi connectivity index (χ4v) is 1.74. The summed E-state index contributed by atoms with van der Waals surface area (Å²) in [5.41, 5.74) is 1.06. The third-order valence-corrected chi connectivity index (χ3v) is 2.73.